The van der Waals surface area contributed by atoms with Crippen LogP contribution in [0, 0.1) is 0 Å². The number of benzene rings is 1. The molecular formula is C10H12O5. The van der Waals surface area contributed by atoms with Crippen LogP contribution >= 0.6 is 0 Å². The lowest BCUT2D eigenvalue weighted by Crippen LogP contribution is -2.03. The number of phenols is 1. The molecule has 5 heteroatoms. The lowest BCUT2D eigenvalue weighted by molar-refractivity contribution is 0.0597. The van der Waals surface area contributed by atoms with Crippen molar-refractivity contribution < 1.29 is 24.5 Å². The lowest BCUT2D eigenvalue weighted by Gasteiger charge is -2.09. The van der Waals surface area contributed by atoms with Gasteiger partial charge in [-0.05, 0) is 6.07 Å². The van der Waals surface area contributed by atoms with Crippen molar-refractivity contribution >= 4 is 5.97 Å². The lowest BCUT2D eigenvalue weighted by atomic mass is 10.1. The second-order valence-corrected chi connectivity index (χ2v) is 2.83. The van der Waals surface area contributed by atoms with Crippen molar-refractivity contribution in [1.82, 2.24) is 0 Å². The van der Waals surface area contributed by atoms with E-state index in [0.29, 0.717) is 11.3 Å². The summed E-state index contributed by atoms with van der Waals surface area (Å²) in [5, 5.41) is 18.5. The molecule has 0 amide bonds. The van der Waals surface area contributed by atoms with E-state index in [-0.39, 0.29) is 17.9 Å². The van der Waals surface area contributed by atoms with Crippen molar-refractivity contribution in [2.24, 2.45) is 0 Å². The van der Waals surface area contributed by atoms with Crippen molar-refractivity contribution in [1.29, 1.82) is 0 Å². The highest BCUT2D eigenvalue weighted by Gasteiger charge is 2.15. The maximum atomic E-state index is 11.2. The normalized spacial score (nSPS) is 9.80. The summed E-state index contributed by atoms with van der Waals surface area (Å²) in [4.78, 5) is 11.2. The molecule has 0 radical (unpaired) electrons. The fourth-order valence-electron chi connectivity index (χ4n) is 1.20. The fourth-order valence-corrected chi connectivity index (χ4v) is 1.20. The van der Waals surface area contributed by atoms with Crippen LogP contribution in [-0.2, 0) is 11.3 Å². The zero-order chi connectivity index (χ0) is 11.4. The maximum absolute atomic E-state index is 11.2. The molecule has 0 aromatic heterocycles. The minimum Gasteiger partial charge on any atom is -0.507 e. The molecule has 0 aliphatic heterocycles. The summed E-state index contributed by atoms with van der Waals surface area (Å²) in [5.74, 6) is -0.580. The monoisotopic (exact) mass is 212 g/mol. The molecule has 0 atom stereocenters. The number of phenolic OH excluding ortho intramolecular Hbond substituents is 1. The zero-order valence-electron chi connectivity index (χ0n) is 8.48. The number of rotatable bonds is 3. The Bertz CT molecular complexity index is 372. The first-order chi connectivity index (χ1) is 7.13. The van der Waals surface area contributed by atoms with Crippen LogP contribution in [0.5, 0.6) is 11.5 Å². The summed E-state index contributed by atoms with van der Waals surface area (Å²) >= 11 is 0. The summed E-state index contributed by atoms with van der Waals surface area (Å²) in [6.07, 6.45) is 0. The average molecular weight is 212 g/mol. The number of carbonyl (C=O) groups is 1. The first-order valence-electron chi connectivity index (χ1n) is 4.23. The number of esters is 1. The van der Waals surface area contributed by atoms with Crippen LogP contribution in [0.4, 0.5) is 0 Å². The number of aromatic hydroxyl groups is 1. The number of hydrogen-bond donors (Lipinski definition) is 2. The van der Waals surface area contributed by atoms with Gasteiger partial charge in [0.2, 0.25) is 0 Å². The number of carbonyl (C=O) groups excluding carboxylic acids is 1. The van der Waals surface area contributed by atoms with E-state index < -0.39 is 5.97 Å². The molecule has 0 aliphatic rings. The molecule has 0 saturated carbocycles. The predicted octanol–water partition coefficient (Wildman–Crippen LogP) is 0.680. The Morgan fingerprint density at radius 3 is 2.53 bits per heavy atom. The molecule has 0 fully saturated rings. The van der Waals surface area contributed by atoms with E-state index in [4.69, 9.17) is 9.84 Å². The molecule has 0 spiro atoms. The maximum Gasteiger partial charge on any atom is 0.341 e. The molecule has 0 unspecified atom stereocenters. The molecule has 1 aromatic rings. The fraction of sp³-hybridized carbons (Fsp3) is 0.300. The molecule has 82 valence electrons. The Morgan fingerprint density at radius 2 is 2.07 bits per heavy atom. The van der Waals surface area contributed by atoms with Gasteiger partial charge in [0.05, 0.1) is 20.8 Å². The number of aliphatic hydroxyl groups is 1. The van der Waals surface area contributed by atoms with E-state index in [1.54, 1.807) is 0 Å². The highest BCUT2D eigenvalue weighted by atomic mass is 16.5. The molecule has 15 heavy (non-hydrogen) atoms. The van der Waals surface area contributed by atoms with Gasteiger partial charge in [-0.1, -0.05) is 0 Å². The second kappa shape index (κ2) is 4.65. The Kier molecular flexibility index (Phi) is 3.51. The first-order valence-corrected chi connectivity index (χ1v) is 4.23. The molecule has 0 bridgehead atoms. The third-order valence-corrected chi connectivity index (χ3v) is 1.97. The van der Waals surface area contributed by atoms with E-state index in [1.807, 2.05) is 0 Å². The second-order valence-electron chi connectivity index (χ2n) is 2.83. The number of methoxy groups -OCH3 is 2. The number of aliphatic hydroxyl groups excluding tert-OH is 1. The summed E-state index contributed by atoms with van der Waals surface area (Å²) < 4.78 is 9.38. The summed E-state index contributed by atoms with van der Waals surface area (Å²) in [6.45, 7) is -0.284. The minimum absolute atomic E-state index is 0.00218. The topological polar surface area (TPSA) is 76.0 Å². The molecule has 2 N–H and O–H groups in total. The smallest absolute Gasteiger partial charge is 0.341 e. The zero-order valence-corrected chi connectivity index (χ0v) is 8.48. The average Bonchev–Trinajstić information content (AvgIpc) is 2.27. The molecule has 1 aromatic carbocycles. The van der Waals surface area contributed by atoms with Crippen LogP contribution < -0.4 is 4.74 Å². The van der Waals surface area contributed by atoms with Gasteiger partial charge in [0.25, 0.3) is 0 Å². The van der Waals surface area contributed by atoms with Crippen LogP contribution in [0.3, 0.4) is 0 Å². The number of ether oxygens (including phenoxy) is 2. The highest BCUT2D eigenvalue weighted by Crippen LogP contribution is 2.28. The minimum atomic E-state index is -0.662. The third kappa shape index (κ3) is 2.19. The van der Waals surface area contributed by atoms with Crippen LogP contribution in [-0.4, -0.2) is 30.4 Å². The van der Waals surface area contributed by atoms with Crippen molar-refractivity contribution in [3.63, 3.8) is 0 Å². The Balaban J connectivity index is 3.25. The molecule has 0 heterocycles. The van der Waals surface area contributed by atoms with Gasteiger partial charge in [-0.3, -0.25) is 0 Å². The van der Waals surface area contributed by atoms with E-state index in [1.165, 1.54) is 26.4 Å². The molecule has 5 nitrogen and oxygen atoms in total. The highest BCUT2D eigenvalue weighted by molar-refractivity contribution is 5.92. The first kappa shape index (κ1) is 11.3. The summed E-state index contributed by atoms with van der Waals surface area (Å²) in [5.41, 5.74) is 0.415. The van der Waals surface area contributed by atoms with Crippen LogP contribution in [0.25, 0.3) is 0 Å². The van der Waals surface area contributed by atoms with E-state index in [0.717, 1.165) is 0 Å². The summed E-state index contributed by atoms with van der Waals surface area (Å²) in [7, 11) is 2.62. The molecule has 0 saturated heterocycles. The SMILES string of the molecule is COC(=O)c1cc(CO)c(OC)cc1O. The molecule has 1 rings (SSSR count). The Morgan fingerprint density at radius 1 is 1.40 bits per heavy atom. The van der Waals surface area contributed by atoms with E-state index >= 15 is 0 Å². The van der Waals surface area contributed by atoms with Gasteiger partial charge in [-0.15, -0.1) is 0 Å². The predicted molar refractivity (Wildman–Crippen MR) is 51.9 cm³/mol. The molecule has 0 aliphatic carbocycles. The Hall–Kier alpha value is -1.75. The largest absolute Gasteiger partial charge is 0.507 e. The Labute approximate surface area is 86.9 Å². The van der Waals surface area contributed by atoms with Crippen LogP contribution in [0.2, 0.25) is 0 Å². The van der Waals surface area contributed by atoms with Gasteiger partial charge in [0, 0.05) is 11.6 Å². The van der Waals surface area contributed by atoms with Gasteiger partial charge in [-0.25, -0.2) is 4.79 Å². The van der Waals surface area contributed by atoms with Crippen LogP contribution in [0.15, 0.2) is 12.1 Å². The third-order valence-electron chi connectivity index (χ3n) is 1.97. The van der Waals surface area contributed by atoms with Gasteiger partial charge in [0.15, 0.2) is 0 Å². The van der Waals surface area contributed by atoms with Crippen molar-refractivity contribution in [3.8, 4) is 11.5 Å². The van der Waals surface area contributed by atoms with Crippen molar-refractivity contribution in [3.05, 3.63) is 23.3 Å². The quantitative estimate of drug-likeness (QED) is 0.720. The summed E-state index contributed by atoms with van der Waals surface area (Å²) in [6, 6.07) is 2.60. The van der Waals surface area contributed by atoms with Crippen LogP contribution in [0.1, 0.15) is 15.9 Å². The van der Waals surface area contributed by atoms with Crippen molar-refractivity contribution in [2.75, 3.05) is 14.2 Å². The van der Waals surface area contributed by atoms with E-state index in [9.17, 15) is 9.90 Å². The van der Waals surface area contributed by atoms with Gasteiger partial charge in [0.1, 0.15) is 17.1 Å². The standard InChI is InChI=1S/C10H12O5/c1-14-9-4-8(12)7(10(13)15-2)3-6(9)5-11/h3-4,11-12H,5H2,1-2H3. The van der Waals surface area contributed by atoms with E-state index in [2.05, 4.69) is 4.74 Å². The van der Waals surface area contributed by atoms with Gasteiger partial charge >= 0.3 is 5.97 Å². The van der Waals surface area contributed by atoms with Gasteiger partial charge < -0.3 is 19.7 Å². The number of hydrogen-bond acceptors (Lipinski definition) is 5. The van der Waals surface area contributed by atoms with Crippen molar-refractivity contribution in [2.45, 2.75) is 6.61 Å². The molecular weight excluding hydrogens is 200 g/mol. The van der Waals surface area contributed by atoms with Gasteiger partial charge in [-0.2, -0.15) is 0 Å².